The molecule has 0 fully saturated rings. The van der Waals surface area contributed by atoms with Crippen molar-refractivity contribution in [3.8, 4) is 0 Å². The van der Waals surface area contributed by atoms with Gasteiger partial charge in [-0.05, 0) is 6.92 Å². The van der Waals surface area contributed by atoms with Crippen LogP contribution >= 0.6 is 0 Å². The van der Waals surface area contributed by atoms with Crippen LogP contribution in [-0.2, 0) is 4.79 Å². The molecular formula is C4H9N3O3. The number of urea groups is 1. The number of carbonyl (C=O) groups excluding carboxylic acids is 1. The molecule has 0 saturated heterocycles. The van der Waals surface area contributed by atoms with Crippen LogP contribution in [0.25, 0.3) is 0 Å². The van der Waals surface area contributed by atoms with Gasteiger partial charge in [0.2, 0.25) is 0 Å². The van der Waals surface area contributed by atoms with Crippen LogP contribution in [0.3, 0.4) is 0 Å². The fourth-order valence-corrected chi connectivity index (χ4v) is 0.241. The minimum Gasteiger partial charge on any atom is -0.480 e. The Kier molecular flexibility index (Phi) is 3.20. The van der Waals surface area contributed by atoms with E-state index < -0.39 is 18.0 Å². The SMILES string of the molecule is C[C@H](NNC(N)=O)C(=O)O. The third-order valence-corrected chi connectivity index (χ3v) is 0.782. The van der Waals surface area contributed by atoms with Crippen LogP contribution in [0.15, 0.2) is 0 Å². The topological polar surface area (TPSA) is 104 Å². The summed E-state index contributed by atoms with van der Waals surface area (Å²) in [6, 6.07) is -1.65. The van der Waals surface area contributed by atoms with Crippen LogP contribution < -0.4 is 16.6 Å². The van der Waals surface area contributed by atoms with E-state index in [4.69, 9.17) is 5.11 Å². The number of amides is 2. The summed E-state index contributed by atoms with van der Waals surface area (Å²) in [6.07, 6.45) is 0. The van der Waals surface area contributed by atoms with E-state index in [0.717, 1.165) is 0 Å². The Labute approximate surface area is 57.4 Å². The number of rotatable bonds is 3. The number of nitrogens with one attached hydrogen (secondary N) is 2. The zero-order valence-electron chi connectivity index (χ0n) is 5.42. The van der Waals surface area contributed by atoms with Crippen LogP contribution in [0.4, 0.5) is 4.79 Å². The molecule has 0 saturated carbocycles. The molecule has 10 heavy (non-hydrogen) atoms. The van der Waals surface area contributed by atoms with E-state index in [1.165, 1.54) is 6.92 Å². The molecule has 0 aromatic rings. The zero-order valence-corrected chi connectivity index (χ0v) is 5.42. The molecule has 6 nitrogen and oxygen atoms in total. The quantitative estimate of drug-likeness (QED) is 0.370. The van der Waals surface area contributed by atoms with Gasteiger partial charge in [-0.15, -0.1) is 0 Å². The van der Waals surface area contributed by atoms with Crippen LogP contribution in [0, 0.1) is 0 Å². The second-order valence-corrected chi connectivity index (χ2v) is 1.69. The molecule has 0 aliphatic heterocycles. The van der Waals surface area contributed by atoms with E-state index in [1.807, 2.05) is 5.43 Å². The van der Waals surface area contributed by atoms with Crippen molar-refractivity contribution in [1.29, 1.82) is 0 Å². The summed E-state index contributed by atoms with van der Waals surface area (Å²) < 4.78 is 0. The lowest BCUT2D eigenvalue weighted by Crippen LogP contribution is -2.48. The summed E-state index contributed by atoms with van der Waals surface area (Å²) in [5.41, 5.74) is 8.73. The molecule has 58 valence electrons. The third-order valence-electron chi connectivity index (χ3n) is 0.782. The first kappa shape index (κ1) is 8.70. The lowest BCUT2D eigenvalue weighted by atomic mass is 10.4. The van der Waals surface area contributed by atoms with Gasteiger partial charge in [0.05, 0.1) is 0 Å². The third kappa shape index (κ3) is 3.67. The van der Waals surface area contributed by atoms with Gasteiger partial charge >= 0.3 is 12.0 Å². The maximum Gasteiger partial charge on any atom is 0.326 e. The molecule has 0 bridgehead atoms. The number of aliphatic carboxylic acids is 1. The predicted molar refractivity (Wildman–Crippen MR) is 33.0 cm³/mol. The standard InChI is InChI=1S/C4H9N3O3/c1-2(3(8)9)6-7-4(5)10/h2,6H,1H3,(H,8,9)(H3,5,7,10)/t2-/m0/s1. The van der Waals surface area contributed by atoms with E-state index in [0.29, 0.717) is 0 Å². The Morgan fingerprint density at radius 2 is 2.10 bits per heavy atom. The molecule has 2 amide bonds. The molecule has 6 heteroatoms. The van der Waals surface area contributed by atoms with E-state index in [2.05, 4.69) is 11.2 Å². The zero-order chi connectivity index (χ0) is 8.15. The molecule has 1 atom stereocenters. The maximum absolute atomic E-state index is 10.1. The number of carboxylic acids is 1. The maximum atomic E-state index is 10.1. The Hall–Kier alpha value is -1.30. The molecule has 0 radical (unpaired) electrons. The van der Waals surface area contributed by atoms with Gasteiger partial charge in [-0.1, -0.05) is 0 Å². The molecule has 0 heterocycles. The first-order chi connectivity index (χ1) is 4.54. The van der Waals surface area contributed by atoms with E-state index in [9.17, 15) is 9.59 Å². The molecular weight excluding hydrogens is 138 g/mol. The van der Waals surface area contributed by atoms with Crippen LogP contribution in [0.1, 0.15) is 6.92 Å². The van der Waals surface area contributed by atoms with Crippen molar-refractivity contribution in [2.45, 2.75) is 13.0 Å². The summed E-state index contributed by atoms with van der Waals surface area (Å²) >= 11 is 0. The molecule has 5 N–H and O–H groups in total. The van der Waals surface area contributed by atoms with Crippen LogP contribution in [-0.4, -0.2) is 23.1 Å². The lowest BCUT2D eigenvalue weighted by Gasteiger charge is -2.07. The highest BCUT2D eigenvalue weighted by atomic mass is 16.4. The summed E-state index contributed by atoms with van der Waals surface area (Å²) in [4.78, 5) is 20.0. The first-order valence-corrected chi connectivity index (χ1v) is 2.58. The number of carbonyl (C=O) groups is 2. The van der Waals surface area contributed by atoms with Gasteiger partial charge in [0.25, 0.3) is 0 Å². The number of hydrogen-bond donors (Lipinski definition) is 4. The monoisotopic (exact) mass is 147 g/mol. The van der Waals surface area contributed by atoms with Crippen molar-refractivity contribution in [3.05, 3.63) is 0 Å². The molecule has 0 aliphatic rings. The molecule has 0 aromatic carbocycles. The highest BCUT2D eigenvalue weighted by molar-refractivity contribution is 5.75. The fourth-order valence-electron chi connectivity index (χ4n) is 0.241. The van der Waals surface area contributed by atoms with Crippen molar-refractivity contribution >= 4 is 12.0 Å². The van der Waals surface area contributed by atoms with E-state index in [-0.39, 0.29) is 0 Å². The number of nitrogens with two attached hydrogens (primary N) is 1. The van der Waals surface area contributed by atoms with Gasteiger partial charge in [-0.2, -0.15) is 0 Å². The van der Waals surface area contributed by atoms with Crippen molar-refractivity contribution in [3.63, 3.8) is 0 Å². The predicted octanol–water partition coefficient (Wildman–Crippen LogP) is -1.37. The average Bonchev–Trinajstić information content (AvgIpc) is 1.82. The minimum atomic E-state index is -1.06. The molecule has 0 aromatic heterocycles. The number of primary amides is 1. The summed E-state index contributed by atoms with van der Waals surface area (Å²) in [5.74, 6) is -1.06. The Morgan fingerprint density at radius 1 is 1.60 bits per heavy atom. The van der Waals surface area contributed by atoms with Gasteiger partial charge in [0.15, 0.2) is 0 Å². The smallest absolute Gasteiger partial charge is 0.326 e. The molecule has 0 rings (SSSR count). The normalized spacial score (nSPS) is 12.1. The first-order valence-electron chi connectivity index (χ1n) is 2.58. The molecule has 0 spiro atoms. The molecule has 0 aliphatic carbocycles. The van der Waals surface area contributed by atoms with Crippen molar-refractivity contribution in [1.82, 2.24) is 10.9 Å². The number of carboxylic acid groups (broad SMARTS) is 1. The van der Waals surface area contributed by atoms with Gasteiger partial charge in [0.1, 0.15) is 6.04 Å². The van der Waals surface area contributed by atoms with Gasteiger partial charge in [0, 0.05) is 0 Å². The Morgan fingerprint density at radius 3 is 2.40 bits per heavy atom. The lowest BCUT2D eigenvalue weighted by molar-refractivity contribution is -0.139. The van der Waals surface area contributed by atoms with Crippen LogP contribution in [0.2, 0.25) is 0 Å². The van der Waals surface area contributed by atoms with Gasteiger partial charge in [-0.25, -0.2) is 10.2 Å². The summed E-state index contributed by atoms with van der Waals surface area (Å²) in [5, 5.41) is 8.24. The van der Waals surface area contributed by atoms with Crippen LogP contribution in [0.5, 0.6) is 0 Å². The second-order valence-electron chi connectivity index (χ2n) is 1.69. The largest absolute Gasteiger partial charge is 0.480 e. The summed E-state index contributed by atoms with van der Waals surface area (Å²) in [7, 11) is 0. The highest BCUT2D eigenvalue weighted by Gasteiger charge is 2.08. The minimum absolute atomic E-state index is 0.812. The highest BCUT2D eigenvalue weighted by Crippen LogP contribution is 1.75. The Balaban J connectivity index is 3.49. The average molecular weight is 147 g/mol. The Bertz CT molecular complexity index is 147. The van der Waals surface area contributed by atoms with Crippen molar-refractivity contribution in [2.75, 3.05) is 0 Å². The second kappa shape index (κ2) is 3.67. The van der Waals surface area contributed by atoms with E-state index in [1.54, 1.807) is 0 Å². The van der Waals surface area contributed by atoms with Crippen molar-refractivity contribution < 1.29 is 14.7 Å². The number of hydrogen-bond acceptors (Lipinski definition) is 3. The fraction of sp³-hybridized carbons (Fsp3) is 0.500. The van der Waals surface area contributed by atoms with Gasteiger partial charge in [-0.3, -0.25) is 10.2 Å². The van der Waals surface area contributed by atoms with Crippen molar-refractivity contribution in [2.24, 2.45) is 5.73 Å². The molecule has 0 unspecified atom stereocenters. The van der Waals surface area contributed by atoms with E-state index >= 15 is 0 Å². The number of hydrazine groups is 1. The van der Waals surface area contributed by atoms with Gasteiger partial charge < -0.3 is 10.8 Å². The summed E-state index contributed by atoms with van der Waals surface area (Å²) in [6.45, 7) is 1.37.